The van der Waals surface area contributed by atoms with Gasteiger partial charge in [-0.3, -0.25) is 9.69 Å². The van der Waals surface area contributed by atoms with Gasteiger partial charge in [0.05, 0.1) is 12.8 Å². The third-order valence-corrected chi connectivity index (χ3v) is 5.39. The van der Waals surface area contributed by atoms with Crippen molar-refractivity contribution in [2.24, 2.45) is 5.41 Å². The highest BCUT2D eigenvalue weighted by Gasteiger charge is 2.42. The molecule has 7 nitrogen and oxygen atoms in total. The normalized spacial score (nSPS) is 23.4. The Morgan fingerprint density at radius 1 is 1.19 bits per heavy atom. The van der Waals surface area contributed by atoms with Gasteiger partial charge in [0, 0.05) is 38.7 Å². The lowest BCUT2D eigenvalue weighted by Crippen LogP contribution is -2.48. The fourth-order valence-corrected chi connectivity index (χ4v) is 4.15. The number of hydrogen-bond donors (Lipinski definition) is 0. The van der Waals surface area contributed by atoms with E-state index in [1.165, 1.54) is 7.11 Å². The van der Waals surface area contributed by atoms with E-state index in [-0.39, 0.29) is 17.9 Å². The van der Waals surface area contributed by atoms with E-state index >= 15 is 0 Å². The van der Waals surface area contributed by atoms with Crippen LogP contribution in [0.15, 0.2) is 18.2 Å². The lowest BCUT2D eigenvalue weighted by molar-refractivity contribution is -0.138. The largest absolute Gasteiger partial charge is 0.464 e. The summed E-state index contributed by atoms with van der Waals surface area (Å²) >= 11 is 0. The van der Waals surface area contributed by atoms with Crippen molar-refractivity contribution in [2.45, 2.75) is 25.8 Å². The van der Waals surface area contributed by atoms with Crippen LogP contribution in [0, 0.1) is 5.41 Å². The number of pyridine rings is 1. The number of rotatable bonds is 5. The minimum Gasteiger partial charge on any atom is -0.464 e. The molecule has 2 saturated heterocycles. The molecule has 1 spiro atoms. The number of piperidine rings is 1. The van der Waals surface area contributed by atoms with Crippen LogP contribution in [0.3, 0.4) is 0 Å². The zero-order chi connectivity index (χ0) is 18.6. The van der Waals surface area contributed by atoms with Crippen molar-refractivity contribution in [3.05, 3.63) is 29.6 Å². The maximum atomic E-state index is 12.2. The van der Waals surface area contributed by atoms with Gasteiger partial charge in [-0.15, -0.1) is 0 Å². The van der Waals surface area contributed by atoms with Gasteiger partial charge in [-0.2, -0.15) is 0 Å². The van der Waals surface area contributed by atoms with Crippen LogP contribution in [0.4, 0.5) is 0 Å². The Hall–Kier alpha value is -1.99. The maximum absolute atomic E-state index is 12.2. The van der Waals surface area contributed by atoms with Crippen LogP contribution in [0.1, 0.15) is 35.4 Å². The van der Waals surface area contributed by atoms with Crippen LogP contribution in [0.5, 0.6) is 0 Å². The molecular formula is C19H27N3O4. The van der Waals surface area contributed by atoms with E-state index in [1.807, 2.05) is 17.0 Å². The summed E-state index contributed by atoms with van der Waals surface area (Å²) in [5, 5.41) is 0. The predicted molar refractivity (Wildman–Crippen MR) is 95.6 cm³/mol. The fourth-order valence-electron chi connectivity index (χ4n) is 4.15. The molecule has 142 valence electrons. The van der Waals surface area contributed by atoms with Gasteiger partial charge >= 0.3 is 5.97 Å². The Kier molecular flexibility index (Phi) is 5.88. The van der Waals surface area contributed by atoms with E-state index < -0.39 is 5.97 Å². The summed E-state index contributed by atoms with van der Waals surface area (Å²) in [6.07, 6.45) is 3.27. The van der Waals surface area contributed by atoms with Crippen LogP contribution in [0.25, 0.3) is 0 Å². The summed E-state index contributed by atoms with van der Waals surface area (Å²) in [4.78, 5) is 32.6. The number of carbonyl (C=O) groups excluding carboxylic acids is 2. The zero-order valence-corrected chi connectivity index (χ0v) is 15.6. The minimum atomic E-state index is -0.413. The minimum absolute atomic E-state index is 0.0810. The molecule has 1 amide bonds. The molecule has 1 aromatic rings. The van der Waals surface area contributed by atoms with Gasteiger partial charge in [-0.25, -0.2) is 9.78 Å². The first-order valence-corrected chi connectivity index (χ1v) is 9.08. The number of amides is 1. The summed E-state index contributed by atoms with van der Waals surface area (Å²) in [5.74, 6) is -0.332. The Bertz CT molecular complexity index is 666. The Balaban J connectivity index is 1.61. The summed E-state index contributed by atoms with van der Waals surface area (Å²) < 4.78 is 9.74. The van der Waals surface area contributed by atoms with Gasteiger partial charge < -0.3 is 14.4 Å². The van der Waals surface area contributed by atoms with Crippen LogP contribution in [0.2, 0.25) is 0 Å². The van der Waals surface area contributed by atoms with Crippen molar-refractivity contribution in [1.29, 1.82) is 0 Å². The molecule has 1 atom stereocenters. The first-order chi connectivity index (χ1) is 12.5. The number of likely N-dealkylation sites (tertiary alicyclic amines) is 2. The van der Waals surface area contributed by atoms with E-state index in [4.69, 9.17) is 9.47 Å². The summed E-state index contributed by atoms with van der Waals surface area (Å²) in [6.45, 7) is 4.43. The first kappa shape index (κ1) is 18.8. The van der Waals surface area contributed by atoms with Crippen LogP contribution < -0.4 is 0 Å². The zero-order valence-electron chi connectivity index (χ0n) is 15.6. The molecule has 0 aliphatic carbocycles. The van der Waals surface area contributed by atoms with E-state index in [2.05, 4.69) is 9.88 Å². The van der Waals surface area contributed by atoms with E-state index in [1.54, 1.807) is 13.2 Å². The van der Waals surface area contributed by atoms with Gasteiger partial charge in [-0.1, -0.05) is 6.07 Å². The van der Waals surface area contributed by atoms with Crippen LogP contribution in [-0.4, -0.2) is 73.7 Å². The molecule has 0 aromatic carbocycles. The summed E-state index contributed by atoms with van der Waals surface area (Å²) in [6, 6.07) is 5.44. The van der Waals surface area contributed by atoms with E-state index in [9.17, 15) is 9.59 Å². The van der Waals surface area contributed by atoms with Crippen molar-refractivity contribution in [2.75, 3.05) is 47.0 Å². The molecule has 0 saturated carbocycles. The number of methoxy groups -OCH3 is 2. The standard InChI is InChI=1S/C19H27N3O4/c1-25-12-17(23)22-9-4-7-19(14-22)8-10-21(13-19)11-15-5-3-6-16(20-15)18(24)26-2/h3,5-6H,4,7-14H2,1-2H3/t19-/m1/s1. The Morgan fingerprint density at radius 3 is 2.81 bits per heavy atom. The fraction of sp³-hybridized carbons (Fsp3) is 0.632. The molecule has 0 N–H and O–H groups in total. The molecule has 2 aliphatic rings. The molecule has 7 heteroatoms. The monoisotopic (exact) mass is 361 g/mol. The average molecular weight is 361 g/mol. The van der Waals surface area contributed by atoms with E-state index in [0.29, 0.717) is 12.2 Å². The predicted octanol–water partition coefficient (Wildman–Crippen LogP) is 1.33. The van der Waals surface area contributed by atoms with Crippen molar-refractivity contribution in [3.63, 3.8) is 0 Å². The number of ether oxygens (including phenoxy) is 2. The highest BCUT2D eigenvalue weighted by atomic mass is 16.5. The molecule has 2 fully saturated rings. The van der Waals surface area contributed by atoms with Gasteiger partial charge in [-0.05, 0) is 37.9 Å². The molecule has 0 radical (unpaired) electrons. The second-order valence-corrected chi connectivity index (χ2v) is 7.32. The Morgan fingerprint density at radius 2 is 2.04 bits per heavy atom. The van der Waals surface area contributed by atoms with Crippen molar-refractivity contribution in [1.82, 2.24) is 14.8 Å². The third-order valence-electron chi connectivity index (χ3n) is 5.39. The average Bonchev–Trinajstić information content (AvgIpc) is 3.03. The highest BCUT2D eigenvalue weighted by molar-refractivity contribution is 5.87. The quantitative estimate of drug-likeness (QED) is 0.737. The second kappa shape index (κ2) is 8.14. The number of carbonyl (C=O) groups is 2. The molecule has 3 rings (SSSR count). The smallest absolute Gasteiger partial charge is 0.356 e. The van der Waals surface area contributed by atoms with Gasteiger partial charge in [0.15, 0.2) is 0 Å². The SMILES string of the molecule is COCC(=O)N1CCC[C@]2(CCN(Cc3cccc(C(=O)OC)n3)C2)C1. The molecule has 2 aliphatic heterocycles. The molecule has 0 bridgehead atoms. The van der Waals surface area contributed by atoms with Crippen LogP contribution in [-0.2, 0) is 20.8 Å². The molecular weight excluding hydrogens is 334 g/mol. The topological polar surface area (TPSA) is 72.0 Å². The maximum Gasteiger partial charge on any atom is 0.356 e. The number of hydrogen-bond acceptors (Lipinski definition) is 6. The second-order valence-electron chi connectivity index (χ2n) is 7.32. The molecule has 26 heavy (non-hydrogen) atoms. The van der Waals surface area contributed by atoms with Crippen molar-refractivity contribution < 1.29 is 19.1 Å². The molecule has 0 unspecified atom stereocenters. The number of nitrogens with zero attached hydrogens (tertiary/aromatic N) is 3. The lowest BCUT2D eigenvalue weighted by Gasteiger charge is -2.40. The molecule has 3 heterocycles. The van der Waals surface area contributed by atoms with Gasteiger partial charge in [0.2, 0.25) is 5.91 Å². The lowest BCUT2D eigenvalue weighted by atomic mass is 9.79. The first-order valence-electron chi connectivity index (χ1n) is 9.08. The number of aromatic nitrogens is 1. The highest BCUT2D eigenvalue weighted by Crippen LogP contribution is 2.39. The summed E-state index contributed by atoms with van der Waals surface area (Å²) in [7, 11) is 2.92. The Labute approximate surface area is 154 Å². The summed E-state index contributed by atoms with van der Waals surface area (Å²) in [5.41, 5.74) is 1.38. The number of esters is 1. The van der Waals surface area contributed by atoms with Crippen molar-refractivity contribution in [3.8, 4) is 0 Å². The van der Waals surface area contributed by atoms with Gasteiger partial charge in [0.1, 0.15) is 12.3 Å². The van der Waals surface area contributed by atoms with Gasteiger partial charge in [0.25, 0.3) is 0 Å². The van der Waals surface area contributed by atoms with E-state index in [0.717, 1.165) is 51.1 Å². The van der Waals surface area contributed by atoms with Crippen LogP contribution >= 0.6 is 0 Å². The molecule has 1 aromatic heterocycles. The van der Waals surface area contributed by atoms with Crippen molar-refractivity contribution >= 4 is 11.9 Å². The third kappa shape index (κ3) is 4.22.